The zero-order valence-corrected chi connectivity index (χ0v) is 10.4. The quantitative estimate of drug-likeness (QED) is 0.648. The molecule has 2 unspecified atom stereocenters. The number of rotatable bonds is 4. The molecule has 0 radical (unpaired) electrons. The Hall–Kier alpha value is -1.65. The molecule has 1 saturated heterocycles. The van der Waals surface area contributed by atoms with Gasteiger partial charge in [0.2, 0.25) is 0 Å². The van der Waals surface area contributed by atoms with E-state index in [-0.39, 0.29) is 0 Å². The van der Waals surface area contributed by atoms with Gasteiger partial charge in [0.25, 0.3) is 0 Å². The van der Waals surface area contributed by atoms with Gasteiger partial charge in [0.05, 0.1) is 6.61 Å². The maximum Gasteiger partial charge on any atom is 0.330 e. The SMILES string of the molecule is C=CC(=O)OC(C)C1(c2ccccc2)NCCO1. The predicted octanol–water partition coefficient (Wildman–Crippen LogP) is 1.58. The summed E-state index contributed by atoms with van der Waals surface area (Å²) in [7, 11) is 0. The van der Waals surface area contributed by atoms with Crippen LogP contribution in [-0.4, -0.2) is 25.2 Å². The van der Waals surface area contributed by atoms with E-state index in [4.69, 9.17) is 9.47 Å². The van der Waals surface area contributed by atoms with Crippen molar-refractivity contribution >= 4 is 5.97 Å². The van der Waals surface area contributed by atoms with Crippen molar-refractivity contribution in [2.75, 3.05) is 13.2 Å². The number of hydrogen-bond acceptors (Lipinski definition) is 4. The average Bonchev–Trinajstić information content (AvgIpc) is 2.90. The number of esters is 1. The van der Waals surface area contributed by atoms with Crippen molar-refractivity contribution in [1.82, 2.24) is 5.32 Å². The molecule has 2 rings (SSSR count). The first-order chi connectivity index (χ1) is 8.69. The summed E-state index contributed by atoms with van der Waals surface area (Å²) in [5.74, 6) is -0.449. The maximum atomic E-state index is 11.3. The number of carbonyl (C=O) groups is 1. The molecule has 18 heavy (non-hydrogen) atoms. The van der Waals surface area contributed by atoms with Gasteiger partial charge in [-0.25, -0.2) is 4.79 Å². The first-order valence-corrected chi connectivity index (χ1v) is 5.96. The molecule has 1 aliphatic heterocycles. The molecule has 0 spiro atoms. The van der Waals surface area contributed by atoms with Gasteiger partial charge in [-0.2, -0.15) is 0 Å². The second-order valence-corrected chi connectivity index (χ2v) is 4.16. The lowest BCUT2D eigenvalue weighted by atomic mass is 9.98. The van der Waals surface area contributed by atoms with E-state index in [1.807, 2.05) is 37.3 Å². The molecule has 2 atom stereocenters. The Bertz CT molecular complexity index is 424. The highest BCUT2D eigenvalue weighted by atomic mass is 16.6. The third kappa shape index (κ3) is 2.30. The van der Waals surface area contributed by atoms with Crippen LogP contribution in [0.2, 0.25) is 0 Å². The van der Waals surface area contributed by atoms with Crippen LogP contribution in [0.15, 0.2) is 43.0 Å². The van der Waals surface area contributed by atoms with Crippen LogP contribution in [0.3, 0.4) is 0 Å². The van der Waals surface area contributed by atoms with Gasteiger partial charge in [-0.3, -0.25) is 5.32 Å². The Labute approximate surface area is 107 Å². The lowest BCUT2D eigenvalue weighted by Gasteiger charge is -2.34. The van der Waals surface area contributed by atoms with Gasteiger partial charge in [0.15, 0.2) is 5.72 Å². The summed E-state index contributed by atoms with van der Waals surface area (Å²) in [5.41, 5.74) is 0.187. The third-order valence-electron chi connectivity index (χ3n) is 3.05. The van der Waals surface area contributed by atoms with Crippen molar-refractivity contribution in [2.45, 2.75) is 18.8 Å². The highest BCUT2D eigenvalue weighted by molar-refractivity contribution is 5.81. The van der Waals surface area contributed by atoms with Gasteiger partial charge in [-0.05, 0) is 6.92 Å². The van der Waals surface area contributed by atoms with Crippen molar-refractivity contribution < 1.29 is 14.3 Å². The molecule has 4 heteroatoms. The Morgan fingerprint density at radius 2 is 2.28 bits per heavy atom. The molecule has 0 aliphatic carbocycles. The maximum absolute atomic E-state index is 11.3. The van der Waals surface area contributed by atoms with E-state index in [2.05, 4.69) is 11.9 Å². The zero-order chi connectivity index (χ0) is 13.0. The van der Waals surface area contributed by atoms with Crippen LogP contribution < -0.4 is 5.32 Å². The van der Waals surface area contributed by atoms with Crippen molar-refractivity contribution in [1.29, 1.82) is 0 Å². The second kappa shape index (κ2) is 5.33. The van der Waals surface area contributed by atoms with Crippen LogP contribution >= 0.6 is 0 Å². The van der Waals surface area contributed by atoms with Gasteiger partial charge < -0.3 is 9.47 Å². The molecule has 96 valence electrons. The Morgan fingerprint density at radius 3 is 2.83 bits per heavy atom. The summed E-state index contributed by atoms with van der Waals surface area (Å²) in [6.07, 6.45) is 0.720. The predicted molar refractivity (Wildman–Crippen MR) is 67.8 cm³/mol. The van der Waals surface area contributed by atoms with E-state index in [9.17, 15) is 4.79 Å². The van der Waals surface area contributed by atoms with Crippen LogP contribution in [0.5, 0.6) is 0 Å². The van der Waals surface area contributed by atoms with E-state index in [1.54, 1.807) is 0 Å². The Kier molecular flexibility index (Phi) is 3.79. The number of carbonyl (C=O) groups excluding carboxylic acids is 1. The smallest absolute Gasteiger partial charge is 0.330 e. The fraction of sp³-hybridized carbons (Fsp3) is 0.357. The van der Waals surface area contributed by atoms with Gasteiger partial charge in [0.1, 0.15) is 6.10 Å². The molecule has 4 nitrogen and oxygen atoms in total. The first-order valence-electron chi connectivity index (χ1n) is 5.96. The fourth-order valence-electron chi connectivity index (χ4n) is 2.17. The largest absolute Gasteiger partial charge is 0.455 e. The third-order valence-corrected chi connectivity index (χ3v) is 3.05. The minimum absolute atomic E-state index is 0.437. The van der Waals surface area contributed by atoms with Gasteiger partial charge in [-0.15, -0.1) is 0 Å². The highest BCUT2D eigenvalue weighted by Gasteiger charge is 2.44. The first kappa shape index (κ1) is 12.8. The molecular weight excluding hydrogens is 230 g/mol. The van der Waals surface area contributed by atoms with Crippen molar-refractivity contribution in [3.05, 3.63) is 48.6 Å². The standard InChI is InChI=1S/C14H17NO3/c1-3-13(16)18-11(2)14(15-9-10-17-14)12-7-5-4-6-8-12/h3-8,11,15H,1,9-10H2,2H3. The van der Waals surface area contributed by atoms with Crippen molar-refractivity contribution in [3.63, 3.8) is 0 Å². The van der Waals surface area contributed by atoms with Crippen LogP contribution in [0.4, 0.5) is 0 Å². The molecule has 1 fully saturated rings. The summed E-state index contributed by atoms with van der Waals surface area (Å²) in [5, 5.41) is 3.28. The van der Waals surface area contributed by atoms with E-state index >= 15 is 0 Å². The number of ether oxygens (including phenoxy) is 2. The van der Waals surface area contributed by atoms with Gasteiger partial charge in [-0.1, -0.05) is 36.9 Å². The second-order valence-electron chi connectivity index (χ2n) is 4.16. The molecule has 1 N–H and O–H groups in total. The van der Waals surface area contributed by atoms with E-state index in [1.165, 1.54) is 0 Å². The van der Waals surface area contributed by atoms with Crippen LogP contribution in [0.25, 0.3) is 0 Å². The van der Waals surface area contributed by atoms with Gasteiger partial charge >= 0.3 is 5.97 Å². The van der Waals surface area contributed by atoms with Gasteiger partial charge in [0, 0.05) is 18.2 Å². The van der Waals surface area contributed by atoms with E-state index in [0.717, 1.165) is 18.2 Å². The lowest BCUT2D eigenvalue weighted by Crippen LogP contribution is -2.49. The molecule has 0 aromatic heterocycles. The normalized spacial score (nSPS) is 24.5. The molecule has 1 aromatic carbocycles. The van der Waals surface area contributed by atoms with E-state index < -0.39 is 17.8 Å². The summed E-state index contributed by atoms with van der Waals surface area (Å²) in [6.45, 7) is 6.53. The Morgan fingerprint density at radius 1 is 1.56 bits per heavy atom. The summed E-state index contributed by atoms with van der Waals surface area (Å²) in [4.78, 5) is 11.3. The summed E-state index contributed by atoms with van der Waals surface area (Å²) >= 11 is 0. The number of benzene rings is 1. The monoisotopic (exact) mass is 247 g/mol. The average molecular weight is 247 g/mol. The fourth-order valence-corrected chi connectivity index (χ4v) is 2.17. The molecular formula is C14H17NO3. The van der Waals surface area contributed by atoms with Crippen molar-refractivity contribution in [3.8, 4) is 0 Å². The zero-order valence-electron chi connectivity index (χ0n) is 10.4. The molecule has 1 heterocycles. The van der Waals surface area contributed by atoms with E-state index in [0.29, 0.717) is 6.61 Å². The molecule has 0 saturated carbocycles. The molecule has 0 amide bonds. The van der Waals surface area contributed by atoms with Crippen LogP contribution in [0, 0.1) is 0 Å². The molecule has 1 aromatic rings. The Balaban J connectivity index is 2.27. The van der Waals surface area contributed by atoms with Crippen LogP contribution in [-0.2, 0) is 20.0 Å². The summed E-state index contributed by atoms with van der Waals surface area (Å²) < 4.78 is 11.1. The topological polar surface area (TPSA) is 47.6 Å². The summed E-state index contributed by atoms with van der Waals surface area (Å²) in [6, 6.07) is 9.71. The minimum atomic E-state index is -0.764. The lowest BCUT2D eigenvalue weighted by molar-refractivity contribution is -0.164. The number of nitrogens with one attached hydrogen (secondary N) is 1. The molecule has 1 aliphatic rings. The van der Waals surface area contributed by atoms with Crippen molar-refractivity contribution in [2.24, 2.45) is 0 Å². The number of hydrogen-bond donors (Lipinski definition) is 1. The highest BCUT2D eigenvalue weighted by Crippen LogP contribution is 2.31. The molecule has 0 bridgehead atoms. The van der Waals surface area contributed by atoms with Crippen LogP contribution in [0.1, 0.15) is 12.5 Å². The minimum Gasteiger partial charge on any atom is -0.455 e.